The molecule has 2 aromatic rings. The van der Waals surface area contributed by atoms with E-state index in [0.29, 0.717) is 17.7 Å². The van der Waals surface area contributed by atoms with Gasteiger partial charge in [-0.1, -0.05) is 42.5 Å². The fourth-order valence-electron chi connectivity index (χ4n) is 3.21. The van der Waals surface area contributed by atoms with Gasteiger partial charge in [0, 0.05) is 14.2 Å². The molecule has 0 aromatic heterocycles. The van der Waals surface area contributed by atoms with E-state index in [1.165, 1.54) is 17.0 Å². The maximum atomic E-state index is 13.2. The van der Waals surface area contributed by atoms with Gasteiger partial charge in [0.25, 0.3) is 5.91 Å². The average Bonchev–Trinajstić information content (AvgIpc) is 2.93. The lowest BCUT2D eigenvalue weighted by atomic mass is 9.82. The number of halogens is 2. The summed E-state index contributed by atoms with van der Waals surface area (Å²) < 4.78 is 34.3. The number of likely N-dealkylation sites (N-methyl/N-ethyl adjacent to an activating group) is 1. The minimum atomic E-state index is -2.93. The van der Waals surface area contributed by atoms with Crippen molar-refractivity contribution in [2.24, 2.45) is 10.7 Å². The molecule has 6 nitrogen and oxygen atoms in total. The third-order valence-corrected chi connectivity index (χ3v) is 4.61. The molecule has 29 heavy (non-hydrogen) atoms. The van der Waals surface area contributed by atoms with E-state index in [-0.39, 0.29) is 17.6 Å². The van der Waals surface area contributed by atoms with Gasteiger partial charge in [-0.2, -0.15) is 8.78 Å². The van der Waals surface area contributed by atoms with Crippen molar-refractivity contribution in [2.75, 3.05) is 20.8 Å². The molecule has 1 heterocycles. The smallest absolute Gasteiger partial charge is 0.387 e. The number of benzene rings is 2. The molecule has 1 aliphatic rings. The van der Waals surface area contributed by atoms with E-state index in [1.807, 2.05) is 30.4 Å². The third-order valence-electron chi connectivity index (χ3n) is 4.61. The third kappa shape index (κ3) is 3.97. The fraction of sp³-hybridized carbons (Fsp3) is 0.238. The van der Waals surface area contributed by atoms with Crippen LogP contribution in [0.25, 0.3) is 6.08 Å². The average molecular weight is 401 g/mol. The summed E-state index contributed by atoms with van der Waals surface area (Å²) in [5, 5.41) is 0. The van der Waals surface area contributed by atoms with E-state index in [4.69, 9.17) is 10.5 Å². The van der Waals surface area contributed by atoms with Crippen LogP contribution in [0.15, 0.2) is 59.6 Å². The summed E-state index contributed by atoms with van der Waals surface area (Å²) in [6.45, 7) is -2.48. The molecule has 0 bridgehead atoms. The molecule has 2 N–H and O–H groups in total. The summed E-state index contributed by atoms with van der Waals surface area (Å²) in [4.78, 5) is 19.0. The second kappa shape index (κ2) is 8.40. The highest BCUT2D eigenvalue weighted by Crippen LogP contribution is 2.40. The molecule has 0 saturated heterocycles. The Morgan fingerprint density at radius 1 is 1.21 bits per heavy atom. The van der Waals surface area contributed by atoms with Gasteiger partial charge in [-0.25, -0.2) is 4.99 Å². The van der Waals surface area contributed by atoms with Gasteiger partial charge in [0.05, 0.1) is 6.61 Å². The zero-order chi connectivity index (χ0) is 21.0. The number of rotatable bonds is 7. The van der Waals surface area contributed by atoms with Crippen LogP contribution in [0.2, 0.25) is 0 Å². The molecule has 0 radical (unpaired) electrons. The summed E-state index contributed by atoms with van der Waals surface area (Å²) >= 11 is 0. The first-order chi connectivity index (χ1) is 13.9. The molecule has 0 aliphatic carbocycles. The Hall–Kier alpha value is -3.26. The molecule has 8 heteroatoms. The number of methoxy groups -OCH3 is 1. The molecule has 0 fully saturated rings. The molecule has 0 saturated carbocycles. The lowest BCUT2D eigenvalue weighted by molar-refractivity contribution is -0.129. The van der Waals surface area contributed by atoms with Crippen LogP contribution in [0.1, 0.15) is 16.7 Å². The Morgan fingerprint density at radius 2 is 1.93 bits per heavy atom. The lowest BCUT2D eigenvalue weighted by Gasteiger charge is -2.26. The van der Waals surface area contributed by atoms with E-state index >= 15 is 0 Å². The number of amides is 1. The van der Waals surface area contributed by atoms with Crippen molar-refractivity contribution in [3.63, 3.8) is 0 Å². The van der Waals surface area contributed by atoms with E-state index in [1.54, 1.807) is 32.4 Å². The molecule has 2 aromatic carbocycles. The van der Waals surface area contributed by atoms with Crippen molar-refractivity contribution in [1.29, 1.82) is 0 Å². The molecule has 1 atom stereocenters. The molecule has 0 spiro atoms. The zero-order valence-electron chi connectivity index (χ0n) is 16.0. The van der Waals surface area contributed by atoms with Gasteiger partial charge in [-0.3, -0.25) is 9.69 Å². The second-order valence-electron chi connectivity index (χ2n) is 6.43. The van der Waals surface area contributed by atoms with Crippen LogP contribution in [-0.2, 0) is 15.1 Å². The first-order valence-corrected chi connectivity index (χ1v) is 8.83. The molecule has 1 amide bonds. The number of ether oxygens (including phenoxy) is 2. The van der Waals surface area contributed by atoms with Crippen molar-refractivity contribution < 1.29 is 23.0 Å². The Labute approximate surface area is 167 Å². The van der Waals surface area contributed by atoms with Gasteiger partial charge in [-0.05, 0) is 34.9 Å². The quantitative estimate of drug-likeness (QED) is 0.774. The SMILES string of the molecule is COCC=Cc1cccc(C2(c3ccc(OC(F)F)cc3)N=C(N)N(C)C2=O)c1. The number of nitrogens with two attached hydrogens (primary N) is 1. The molecule has 1 unspecified atom stereocenters. The number of carbonyl (C=O) groups excluding carboxylic acids is 1. The number of carbonyl (C=O) groups is 1. The van der Waals surface area contributed by atoms with Crippen molar-refractivity contribution in [1.82, 2.24) is 4.90 Å². The predicted octanol–water partition coefficient (Wildman–Crippen LogP) is 2.98. The zero-order valence-corrected chi connectivity index (χ0v) is 16.0. The van der Waals surface area contributed by atoms with Gasteiger partial charge < -0.3 is 15.2 Å². The van der Waals surface area contributed by atoms with Crippen LogP contribution in [0, 0.1) is 0 Å². The Kier molecular flexibility index (Phi) is 5.93. The number of guanidine groups is 1. The Bertz CT molecular complexity index is 944. The van der Waals surface area contributed by atoms with Crippen molar-refractivity contribution in [3.8, 4) is 5.75 Å². The molecular weight excluding hydrogens is 380 g/mol. The van der Waals surface area contributed by atoms with Crippen molar-refractivity contribution in [2.45, 2.75) is 12.2 Å². The summed E-state index contributed by atoms with van der Waals surface area (Å²) in [6, 6.07) is 13.2. The van der Waals surface area contributed by atoms with Crippen LogP contribution < -0.4 is 10.5 Å². The fourth-order valence-corrected chi connectivity index (χ4v) is 3.21. The minimum Gasteiger partial charge on any atom is -0.435 e. The highest BCUT2D eigenvalue weighted by Gasteiger charge is 2.49. The maximum Gasteiger partial charge on any atom is 0.387 e. The largest absolute Gasteiger partial charge is 0.435 e. The summed E-state index contributed by atoms with van der Waals surface area (Å²) in [5.41, 5.74) is 6.50. The van der Waals surface area contributed by atoms with Gasteiger partial charge in [-0.15, -0.1) is 0 Å². The standard InChI is InChI=1S/C21H21F2N3O3/c1-26-18(27)21(25-20(26)24,15-8-10-17(11-9-15)29-19(22)23)16-7-3-5-14(13-16)6-4-12-28-2/h3-11,13,19H,12H2,1-2H3,(H2,24,25). The molecular formula is C21H21F2N3O3. The number of nitrogens with zero attached hydrogens (tertiary/aromatic N) is 2. The summed E-state index contributed by atoms with van der Waals surface area (Å²) in [7, 11) is 3.14. The Morgan fingerprint density at radius 3 is 2.52 bits per heavy atom. The predicted molar refractivity (Wildman–Crippen MR) is 106 cm³/mol. The van der Waals surface area contributed by atoms with Gasteiger partial charge >= 0.3 is 6.61 Å². The van der Waals surface area contributed by atoms with Crippen LogP contribution in [0.3, 0.4) is 0 Å². The van der Waals surface area contributed by atoms with Crippen LogP contribution >= 0.6 is 0 Å². The maximum absolute atomic E-state index is 13.2. The highest BCUT2D eigenvalue weighted by atomic mass is 19.3. The van der Waals surface area contributed by atoms with Crippen molar-refractivity contribution >= 4 is 17.9 Å². The van der Waals surface area contributed by atoms with E-state index in [2.05, 4.69) is 9.73 Å². The first kappa shape index (κ1) is 20.5. The number of aliphatic imine (C=N–C) groups is 1. The topological polar surface area (TPSA) is 77.2 Å². The Balaban J connectivity index is 2.09. The van der Waals surface area contributed by atoms with E-state index in [9.17, 15) is 13.6 Å². The van der Waals surface area contributed by atoms with E-state index in [0.717, 1.165) is 5.56 Å². The van der Waals surface area contributed by atoms with Crippen molar-refractivity contribution in [3.05, 3.63) is 71.3 Å². The number of alkyl halides is 2. The van der Waals surface area contributed by atoms with Gasteiger partial charge in [0.2, 0.25) is 0 Å². The monoisotopic (exact) mass is 401 g/mol. The van der Waals surface area contributed by atoms with Crippen LogP contribution in [0.5, 0.6) is 5.75 Å². The van der Waals surface area contributed by atoms with Gasteiger partial charge in [0.1, 0.15) is 5.75 Å². The normalized spacial score (nSPS) is 19.3. The molecule has 1 aliphatic heterocycles. The number of hydrogen-bond acceptors (Lipinski definition) is 5. The van der Waals surface area contributed by atoms with Gasteiger partial charge in [0.15, 0.2) is 11.5 Å². The van der Waals surface area contributed by atoms with Crippen LogP contribution in [-0.4, -0.2) is 44.1 Å². The summed E-state index contributed by atoms with van der Waals surface area (Å²) in [6.07, 6.45) is 3.72. The summed E-state index contributed by atoms with van der Waals surface area (Å²) in [5.74, 6) is -0.273. The lowest BCUT2D eigenvalue weighted by Crippen LogP contribution is -2.41. The first-order valence-electron chi connectivity index (χ1n) is 8.83. The van der Waals surface area contributed by atoms with Crippen LogP contribution in [0.4, 0.5) is 8.78 Å². The molecule has 3 rings (SSSR count). The van der Waals surface area contributed by atoms with E-state index < -0.39 is 12.2 Å². The second-order valence-corrected chi connectivity index (χ2v) is 6.43. The number of hydrogen-bond donors (Lipinski definition) is 1. The molecule has 152 valence electrons. The highest BCUT2D eigenvalue weighted by molar-refractivity contribution is 6.09. The minimum absolute atomic E-state index is 0.00842.